The smallest absolute Gasteiger partial charge is 0.126 e. The lowest BCUT2D eigenvalue weighted by Gasteiger charge is -2.11. The normalized spacial score (nSPS) is 10.7. The molecule has 49 heavy (non-hydrogen) atoms. The van der Waals surface area contributed by atoms with Gasteiger partial charge < -0.3 is 0 Å². The molecule has 0 aliphatic heterocycles. The SMILES string of the molecule is Cc1cc(-c2ccc(Cc3ccc(C#N)c(C)c3)cc2C)ccc1F.Cc1cc(Cc2ccc(-c3ccc(F)c(C)c3)c(C)c2)ccc1F. The van der Waals surface area contributed by atoms with Gasteiger partial charge in [0.25, 0.3) is 0 Å². The molecule has 0 N–H and O–H groups in total. The summed E-state index contributed by atoms with van der Waals surface area (Å²) >= 11 is 0. The number of benzene rings is 6. The third-order valence-electron chi connectivity index (χ3n) is 8.97. The standard InChI is InChI=1S/C23H20FN.C22H20F2/c1-15-10-18(4-6-21(15)14-25)13-19-5-8-22(16(2)11-19)20-7-9-23(24)17(3)12-20;1-14-10-17(13-18-5-8-21(23)15(2)11-18)4-7-20(14)19-6-9-22(24)16(3)12-19/h4-12H,13H2,1-3H3;4-12H,13H2,1-3H3. The zero-order valence-corrected chi connectivity index (χ0v) is 28.9. The first-order chi connectivity index (χ1) is 23.4. The van der Waals surface area contributed by atoms with E-state index >= 15 is 0 Å². The van der Waals surface area contributed by atoms with Crippen LogP contribution < -0.4 is 0 Å². The van der Waals surface area contributed by atoms with Crippen molar-refractivity contribution in [1.82, 2.24) is 0 Å². The van der Waals surface area contributed by atoms with Crippen molar-refractivity contribution in [2.45, 2.75) is 54.4 Å². The van der Waals surface area contributed by atoms with E-state index in [0.29, 0.717) is 16.7 Å². The Hall–Kier alpha value is -5.40. The van der Waals surface area contributed by atoms with E-state index in [2.05, 4.69) is 62.4 Å². The number of nitrogens with zero attached hydrogens (tertiary/aromatic N) is 1. The van der Waals surface area contributed by atoms with Crippen LogP contribution in [0.25, 0.3) is 22.3 Å². The Morgan fingerprint density at radius 3 is 1.12 bits per heavy atom. The molecule has 0 bridgehead atoms. The van der Waals surface area contributed by atoms with Crippen LogP contribution in [0, 0.1) is 70.3 Å². The Kier molecular flexibility index (Phi) is 10.8. The first kappa shape index (κ1) is 34.9. The maximum absolute atomic E-state index is 13.5. The third kappa shape index (κ3) is 8.55. The topological polar surface area (TPSA) is 23.8 Å². The van der Waals surface area contributed by atoms with Gasteiger partial charge in [0.1, 0.15) is 17.5 Å². The molecule has 0 spiro atoms. The van der Waals surface area contributed by atoms with Crippen LogP contribution in [0.5, 0.6) is 0 Å². The van der Waals surface area contributed by atoms with Crippen molar-refractivity contribution in [1.29, 1.82) is 5.26 Å². The first-order valence-electron chi connectivity index (χ1n) is 16.4. The van der Waals surface area contributed by atoms with Crippen molar-refractivity contribution in [2.75, 3.05) is 0 Å². The quantitative estimate of drug-likeness (QED) is 0.176. The molecule has 0 heterocycles. The van der Waals surface area contributed by atoms with Gasteiger partial charge in [0, 0.05) is 0 Å². The van der Waals surface area contributed by atoms with E-state index in [4.69, 9.17) is 5.26 Å². The fourth-order valence-corrected chi connectivity index (χ4v) is 6.19. The number of rotatable bonds is 6. The molecule has 6 aromatic rings. The van der Waals surface area contributed by atoms with Crippen molar-refractivity contribution in [3.05, 3.63) is 188 Å². The van der Waals surface area contributed by atoms with Crippen molar-refractivity contribution in [3.63, 3.8) is 0 Å². The summed E-state index contributed by atoms with van der Waals surface area (Å²) < 4.78 is 40.3. The molecule has 1 nitrogen and oxygen atoms in total. The lowest BCUT2D eigenvalue weighted by molar-refractivity contribution is 0.617. The minimum atomic E-state index is -0.181. The van der Waals surface area contributed by atoms with E-state index in [1.165, 1.54) is 40.5 Å². The molecule has 0 unspecified atom stereocenters. The van der Waals surface area contributed by atoms with E-state index in [9.17, 15) is 13.2 Å². The van der Waals surface area contributed by atoms with E-state index in [1.807, 2.05) is 55.5 Å². The second-order valence-corrected chi connectivity index (χ2v) is 12.9. The van der Waals surface area contributed by atoms with Crippen LogP contribution >= 0.6 is 0 Å². The van der Waals surface area contributed by atoms with Gasteiger partial charge in [-0.25, -0.2) is 13.2 Å². The molecule has 246 valence electrons. The molecule has 0 aromatic heterocycles. The Morgan fingerprint density at radius 1 is 0.408 bits per heavy atom. The molecule has 6 rings (SSSR count). The second kappa shape index (κ2) is 15.2. The highest BCUT2D eigenvalue weighted by atomic mass is 19.1. The largest absolute Gasteiger partial charge is 0.207 e. The van der Waals surface area contributed by atoms with Crippen LogP contribution in [-0.4, -0.2) is 0 Å². The zero-order chi connectivity index (χ0) is 35.2. The van der Waals surface area contributed by atoms with Crippen molar-refractivity contribution in [2.24, 2.45) is 0 Å². The molecule has 0 amide bonds. The van der Waals surface area contributed by atoms with Gasteiger partial charge in [-0.05, 0) is 169 Å². The number of hydrogen-bond donors (Lipinski definition) is 0. The van der Waals surface area contributed by atoms with Crippen molar-refractivity contribution >= 4 is 0 Å². The van der Waals surface area contributed by atoms with Crippen LogP contribution in [0.2, 0.25) is 0 Å². The molecule has 0 fully saturated rings. The maximum Gasteiger partial charge on any atom is 0.126 e. The number of halogens is 3. The molecule has 0 saturated heterocycles. The van der Waals surface area contributed by atoms with E-state index in [-0.39, 0.29) is 17.5 Å². The van der Waals surface area contributed by atoms with E-state index in [0.717, 1.165) is 57.3 Å². The van der Waals surface area contributed by atoms with E-state index < -0.39 is 0 Å². The van der Waals surface area contributed by atoms with Crippen LogP contribution in [0.3, 0.4) is 0 Å². The third-order valence-corrected chi connectivity index (χ3v) is 8.97. The number of aryl methyl sites for hydroxylation is 6. The van der Waals surface area contributed by atoms with Crippen LogP contribution in [-0.2, 0) is 12.8 Å². The fourth-order valence-electron chi connectivity index (χ4n) is 6.19. The van der Waals surface area contributed by atoms with Crippen LogP contribution in [0.1, 0.15) is 61.2 Å². The number of hydrogen-bond acceptors (Lipinski definition) is 1. The van der Waals surface area contributed by atoms with Gasteiger partial charge >= 0.3 is 0 Å². The van der Waals surface area contributed by atoms with Gasteiger partial charge in [-0.15, -0.1) is 0 Å². The lowest BCUT2D eigenvalue weighted by Crippen LogP contribution is -1.93. The average molecular weight is 652 g/mol. The predicted molar refractivity (Wildman–Crippen MR) is 195 cm³/mol. The minimum absolute atomic E-state index is 0.169. The fraction of sp³-hybridized carbons (Fsp3) is 0.178. The molecule has 0 radical (unpaired) electrons. The predicted octanol–water partition coefficient (Wildman–Crippen LogP) is 12.0. The molecular formula is C45H40F3N. The van der Waals surface area contributed by atoms with Crippen molar-refractivity contribution in [3.8, 4) is 28.3 Å². The van der Waals surface area contributed by atoms with Crippen LogP contribution in [0.15, 0.2) is 109 Å². The highest BCUT2D eigenvalue weighted by molar-refractivity contribution is 5.69. The summed E-state index contributed by atoms with van der Waals surface area (Å²) in [5.74, 6) is -0.522. The second-order valence-electron chi connectivity index (χ2n) is 12.9. The van der Waals surface area contributed by atoms with Crippen molar-refractivity contribution < 1.29 is 13.2 Å². The molecular weight excluding hydrogens is 611 g/mol. The summed E-state index contributed by atoms with van der Waals surface area (Å²) in [6, 6.07) is 36.6. The van der Waals surface area contributed by atoms with Gasteiger partial charge in [-0.1, -0.05) is 72.8 Å². The Bertz CT molecular complexity index is 2190. The Balaban J connectivity index is 0.000000191. The van der Waals surface area contributed by atoms with Gasteiger partial charge in [0.15, 0.2) is 0 Å². The van der Waals surface area contributed by atoms with Gasteiger partial charge in [-0.2, -0.15) is 5.26 Å². The van der Waals surface area contributed by atoms with E-state index in [1.54, 1.807) is 20.8 Å². The summed E-state index contributed by atoms with van der Waals surface area (Å²) in [6.45, 7) is 11.5. The molecule has 4 heteroatoms. The Labute approximate surface area is 288 Å². The summed E-state index contributed by atoms with van der Waals surface area (Å²) in [6.07, 6.45) is 1.60. The summed E-state index contributed by atoms with van der Waals surface area (Å²) in [5.41, 5.74) is 15.0. The zero-order valence-electron chi connectivity index (χ0n) is 28.9. The number of nitriles is 1. The van der Waals surface area contributed by atoms with Gasteiger partial charge in [-0.3, -0.25) is 0 Å². The highest BCUT2D eigenvalue weighted by Gasteiger charge is 2.09. The molecule has 0 aliphatic rings. The summed E-state index contributed by atoms with van der Waals surface area (Å²) in [4.78, 5) is 0. The van der Waals surface area contributed by atoms with Gasteiger partial charge in [0.05, 0.1) is 11.6 Å². The summed E-state index contributed by atoms with van der Waals surface area (Å²) in [7, 11) is 0. The highest BCUT2D eigenvalue weighted by Crippen LogP contribution is 2.28. The minimum Gasteiger partial charge on any atom is -0.207 e. The van der Waals surface area contributed by atoms with Gasteiger partial charge in [0.2, 0.25) is 0 Å². The Morgan fingerprint density at radius 2 is 0.755 bits per heavy atom. The molecule has 0 atom stereocenters. The maximum atomic E-state index is 13.5. The molecule has 6 aromatic carbocycles. The average Bonchev–Trinajstić information content (AvgIpc) is 3.06. The monoisotopic (exact) mass is 651 g/mol. The molecule has 0 aliphatic carbocycles. The lowest BCUT2D eigenvalue weighted by atomic mass is 9.94. The van der Waals surface area contributed by atoms with Crippen LogP contribution in [0.4, 0.5) is 13.2 Å². The molecule has 0 saturated carbocycles. The first-order valence-corrected chi connectivity index (χ1v) is 16.4. The summed E-state index contributed by atoms with van der Waals surface area (Å²) in [5, 5.41) is 9.04.